The second kappa shape index (κ2) is 14.0. The molecule has 6 heteroatoms. The Morgan fingerprint density at radius 2 is 1.70 bits per heavy atom. The molecule has 196 valence electrons. The number of aryl methyl sites for hydroxylation is 2. The van der Waals surface area contributed by atoms with Gasteiger partial charge in [-0.25, -0.2) is 0 Å². The summed E-state index contributed by atoms with van der Waals surface area (Å²) in [6.45, 7) is 8.86. The van der Waals surface area contributed by atoms with E-state index in [4.69, 9.17) is 4.74 Å². The molecule has 0 aliphatic carbocycles. The summed E-state index contributed by atoms with van der Waals surface area (Å²) >= 11 is 3.53. The molecule has 3 rings (SSSR count). The Morgan fingerprint density at radius 3 is 2.41 bits per heavy atom. The number of halogens is 1. The number of carbonyl (C=O) groups is 2. The summed E-state index contributed by atoms with van der Waals surface area (Å²) in [7, 11) is 0. The molecule has 1 N–H and O–H groups in total. The topological polar surface area (TPSA) is 58.6 Å². The van der Waals surface area contributed by atoms with Crippen molar-refractivity contribution in [1.29, 1.82) is 0 Å². The van der Waals surface area contributed by atoms with E-state index in [1.165, 1.54) is 0 Å². The van der Waals surface area contributed by atoms with E-state index in [0.29, 0.717) is 25.3 Å². The number of rotatable bonds is 12. The Hall–Kier alpha value is -3.12. The molecule has 37 heavy (non-hydrogen) atoms. The van der Waals surface area contributed by atoms with Crippen LogP contribution in [0, 0.1) is 20.8 Å². The molecular weight excluding hydrogens is 528 g/mol. The molecule has 0 aromatic heterocycles. The van der Waals surface area contributed by atoms with Gasteiger partial charge in [0.2, 0.25) is 5.91 Å². The van der Waals surface area contributed by atoms with Gasteiger partial charge < -0.3 is 15.0 Å². The maximum atomic E-state index is 13.8. The van der Waals surface area contributed by atoms with Crippen molar-refractivity contribution in [2.75, 3.05) is 13.2 Å². The van der Waals surface area contributed by atoms with Gasteiger partial charge in [0.05, 0.1) is 0 Å². The Balaban J connectivity index is 1.92. The monoisotopic (exact) mass is 564 g/mol. The minimum absolute atomic E-state index is 0.148. The average molecular weight is 566 g/mol. The summed E-state index contributed by atoms with van der Waals surface area (Å²) in [5.74, 6) is 0.314. The van der Waals surface area contributed by atoms with Crippen LogP contribution in [-0.2, 0) is 22.6 Å². The van der Waals surface area contributed by atoms with Crippen LogP contribution in [0.3, 0.4) is 0 Å². The number of unbranched alkanes of at least 4 members (excludes halogenated alkanes) is 1. The Kier molecular flexibility index (Phi) is 10.8. The van der Waals surface area contributed by atoms with Crippen molar-refractivity contribution < 1.29 is 14.3 Å². The average Bonchev–Trinajstić information content (AvgIpc) is 2.88. The van der Waals surface area contributed by atoms with Crippen molar-refractivity contribution in [2.45, 2.75) is 59.5 Å². The first-order valence-corrected chi connectivity index (χ1v) is 13.6. The minimum atomic E-state index is -0.672. The van der Waals surface area contributed by atoms with E-state index in [9.17, 15) is 9.59 Å². The minimum Gasteiger partial charge on any atom is -0.483 e. The number of nitrogens with zero attached hydrogens (tertiary/aromatic N) is 1. The van der Waals surface area contributed by atoms with Crippen LogP contribution in [0.1, 0.15) is 47.6 Å². The van der Waals surface area contributed by atoms with E-state index < -0.39 is 6.04 Å². The summed E-state index contributed by atoms with van der Waals surface area (Å²) in [5, 5.41) is 3.05. The maximum absolute atomic E-state index is 13.8. The van der Waals surface area contributed by atoms with Gasteiger partial charge in [0.25, 0.3) is 5.91 Å². The number of carbonyl (C=O) groups excluding carboxylic acids is 2. The molecule has 0 unspecified atom stereocenters. The molecule has 0 aliphatic rings. The van der Waals surface area contributed by atoms with E-state index in [-0.39, 0.29) is 18.4 Å². The van der Waals surface area contributed by atoms with Crippen LogP contribution >= 0.6 is 15.9 Å². The van der Waals surface area contributed by atoms with Gasteiger partial charge in [0.1, 0.15) is 11.8 Å². The first kappa shape index (κ1) is 28.5. The molecule has 3 aromatic rings. The molecule has 0 spiro atoms. The summed E-state index contributed by atoms with van der Waals surface area (Å²) in [6, 6.07) is 21.0. The number of hydrogen-bond donors (Lipinski definition) is 1. The van der Waals surface area contributed by atoms with Gasteiger partial charge >= 0.3 is 0 Å². The van der Waals surface area contributed by atoms with E-state index >= 15 is 0 Å². The van der Waals surface area contributed by atoms with E-state index in [0.717, 1.165) is 45.1 Å². The van der Waals surface area contributed by atoms with Gasteiger partial charge in [-0.1, -0.05) is 77.8 Å². The van der Waals surface area contributed by atoms with Crippen molar-refractivity contribution >= 4 is 27.7 Å². The molecule has 0 saturated carbocycles. The van der Waals surface area contributed by atoms with Gasteiger partial charge in [-0.15, -0.1) is 0 Å². The van der Waals surface area contributed by atoms with E-state index in [1.54, 1.807) is 4.90 Å². The molecule has 0 radical (unpaired) electrons. The van der Waals surface area contributed by atoms with Crippen LogP contribution < -0.4 is 10.1 Å². The molecule has 0 aliphatic heterocycles. The van der Waals surface area contributed by atoms with Crippen LogP contribution in [0.2, 0.25) is 0 Å². The van der Waals surface area contributed by atoms with Crippen molar-refractivity contribution in [3.8, 4) is 5.75 Å². The highest BCUT2D eigenvalue weighted by atomic mass is 79.9. The molecule has 0 bridgehead atoms. The summed E-state index contributed by atoms with van der Waals surface area (Å²) < 4.78 is 6.97. The zero-order chi connectivity index (χ0) is 26.8. The van der Waals surface area contributed by atoms with Gasteiger partial charge in [-0.3, -0.25) is 9.59 Å². The van der Waals surface area contributed by atoms with Crippen LogP contribution in [0.5, 0.6) is 5.75 Å². The molecule has 3 aromatic carbocycles. The van der Waals surface area contributed by atoms with Gasteiger partial charge in [-0.2, -0.15) is 0 Å². The Morgan fingerprint density at radius 1 is 0.973 bits per heavy atom. The standard InChI is InChI=1S/C31H37BrN2O3/c1-5-6-15-33-31(36)28(19-25-11-8-7-9-12-25)34(20-26-13-10-14-27(32)18-26)30(35)21-37-29-17-22(2)16-23(3)24(29)4/h7-14,16-18,28H,5-6,15,19-21H2,1-4H3,(H,33,36)/t28-/m1/s1. The van der Waals surface area contributed by atoms with Crippen molar-refractivity contribution in [3.63, 3.8) is 0 Å². The van der Waals surface area contributed by atoms with Crippen LogP contribution in [0.4, 0.5) is 0 Å². The lowest BCUT2D eigenvalue weighted by Gasteiger charge is -2.31. The smallest absolute Gasteiger partial charge is 0.261 e. The third kappa shape index (κ3) is 8.46. The number of nitrogens with one attached hydrogen (secondary N) is 1. The lowest BCUT2D eigenvalue weighted by molar-refractivity contribution is -0.142. The zero-order valence-corrected chi connectivity index (χ0v) is 23.8. The molecule has 1 atom stereocenters. The summed E-state index contributed by atoms with van der Waals surface area (Å²) in [4.78, 5) is 28.9. The fraction of sp³-hybridized carbons (Fsp3) is 0.355. The fourth-order valence-corrected chi connectivity index (χ4v) is 4.71. The van der Waals surface area contributed by atoms with Gasteiger partial charge in [-0.05, 0) is 73.2 Å². The highest BCUT2D eigenvalue weighted by Crippen LogP contribution is 2.24. The largest absolute Gasteiger partial charge is 0.483 e. The molecular formula is C31H37BrN2O3. The van der Waals surface area contributed by atoms with Crippen LogP contribution in [0.25, 0.3) is 0 Å². The molecule has 0 saturated heterocycles. The normalized spacial score (nSPS) is 11.6. The Labute approximate surface area is 229 Å². The SMILES string of the molecule is CCCCNC(=O)[C@@H](Cc1ccccc1)N(Cc1cccc(Br)c1)C(=O)COc1cc(C)cc(C)c1C. The summed E-state index contributed by atoms with van der Waals surface area (Å²) in [6.07, 6.45) is 2.28. The third-order valence-electron chi connectivity index (χ3n) is 6.46. The first-order chi connectivity index (χ1) is 17.8. The highest BCUT2D eigenvalue weighted by Gasteiger charge is 2.30. The van der Waals surface area contributed by atoms with Gasteiger partial charge in [0, 0.05) is 24.0 Å². The number of hydrogen-bond acceptors (Lipinski definition) is 3. The van der Waals surface area contributed by atoms with Gasteiger partial charge in [0.15, 0.2) is 6.61 Å². The highest BCUT2D eigenvalue weighted by molar-refractivity contribution is 9.10. The second-order valence-corrected chi connectivity index (χ2v) is 10.4. The van der Waals surface area contributed by atoms with E-state index in [1.807, 2.05) is 81.4 Å². The number of benzene rings is 3. The predicted molar refractivity (Wildman–Crippen MR) is 153 cm³/mol. The van der Waals surface area contributed by atoms with Crippen LogP contribution in [-0.4, -0.2) is 35.9 Å². The molecule has 5 nitrogen and oxygen atoms in total. The fourth-order valence-electron chi connectivity index (χ4n) is 4.27. The second-order valence-electron chi connectivity index (χ2n) is 9.50. The van der Waals surface area contributed by atoms with Crippen molar-refractivity contribution in [1.82, 2.24) is 10.2 Å². The predicted octanol–water partition coefficient (Wildman–Crippen LogP) is 6.31. The quantitative estimate of drug-likeness (QED) is 0.262. The van der Waals surface area contributed by atoms with Crippen molar-refractivity contribution in [3.05, 3.63) is 99.0 Å². The molecule has 2 amide bonds. The third-order valence-corrected chi connectivity index (χ3v) is 6.95. The summed E-state index contributed by atoms with van der Waals surface area (Å²) in [5.41, 5.74) is 5.13. The molecule has 0 fully saturated rings. The first-order valence-electron chi connectivity index (χ1n) is 12.8. The lowest BCUT2D eigenvalue weighted by atomic mass is 10.0. The van der Waals surface area contributed by atoms with Crippen LogP contribution in [0.15, 0.2) is 71.2 Å². The van der Waals surface area contributed by atoms with Crippen molar-refractivity contribution in [2.24, 2.45) is 0 Å². The lowest BCUT2D eigenvalue weighted by Crippen LogP contribution is -2.51. The number of ether oxygens (including phenoxy) is 1. The zero-order valence-electron chi connectivity index (χ0n) is 22.2. The maximum Gasteiger partial charge on any atom is 0.261 e. The Bertz CT molecular complexity index is 1200. The number of amides is 2. The van der Waals surface area contributed by atoms with E-state index in [2.05, 4.69) is 34.2 Å². The molecule has 0 heterocycles.